The van der Waals surface area contributed by atoms with E-state index in [9.17, 15) is 9.59 Å². The molecule has 2 heterocycles. The number of amides is 2. The fourth-order valence-corrected chi connectivity index (χ4v) is 2.91. The Balaban J connectivity index is 2.26. The fourth-order valence-electron chi connectivity index (χ4n) is 2.91. The molecule has 1 aliphatic heterocycles. The Bertz CT molecular complexity index is 512. The van der Waals surface area contributed by atoms with E-state index in [2.05, 4.69) is 5.32 Å². The summed E-state index contributed by atoms with van der Waals surface area (Å²) in [7, 11) is 0. The first-order chi connectivity index (χ1) is 9.92. The van der Waals surface area contributed by atoms with E-state index in [1.54, 1.807) is 18.1 Å². The van der Waals surface area contributed by atoms with Gasteiger partial charge in [-0.2, -0.15) is 0 Å². The van der Waals surface area contributed by atoms with Gasteiger partial charge in [-0.1, -0.05) is 13.8 Å². The van der Waals surface area contributed by atoms with Crippen molar-refractivity contribution in [1.82, 2.24) is 10.2 Å². The van der Waals surface area contributed by atoms with Crippen LogP contribution in [0.15, 0.2) is 22.8 Å². The maximum atomic E-state index is 12.8. The predicted octanol–water partition coefficient (Wildman–Crippen LogP) is 2.12. The van der Waals surface area contributed by atoms with Crippen molar-refractivity contribution in [2.45, 2.75) is 64.6 Å². The molecule has 5 heteroatoms. The molecule has 3 atom stereocenters. The number of nitrogens with one attached hydrogen (secondary N) is 1. The molecule has 0 bridgehead atoms. The van der Waals surface area contributed by atoms with Crippen LogP contribution in [-0.2, 0) is 16.0 Å². The Kier molecular flexibility index (Phi) is 4.40. The van der Waals surface area contributed by atoms with E-state index < -0.39 is 11.6 Å². The third-order valence-electron chi connectivity index (χ3n) is 4.39. The molecular weight excluding hydrogens is 268 g/mol. The lowest BCUT2D eigenvalue weighted by atomic mass is 9.89. The lowest BCUT2D eigenvalue weighted by Crippen LogP contribution is -2.70. The van der Waals surface area contributed by atoms with Crippen molar-refractivity contribution >= 4 is 11.8 Å². The largest absolute Gasteiger partial charge is 0.469 e. The molecular formula is C16H24N2O3. The molecule has 3 unspecified atom stereocenters. The first-order valence-electron chi connectivity index (χ1n) is 7.60. The maximum absolute atomic E-state index is 12.8. The van der Waals surface area contributed by atoms with Crippen LogP contribution in [0, 0.1) is 0 Å². The molecule has 0 spiro atoms. The summed E-state index contributed by atoms with van der Waals surface area (Å²) in [6.45, 7) is 7.61. The second kappa shape index (κ2) is 5.92. The maximum Gasteiger partial charge on any atom is 0.248 e. The highest BCUT2D eigenvalue weighted by molar-refractivity contribution is 5.99. The lowest BCUT2D eigenvalue weighted by molar-refractivity contribution is -0.157. The second-order valence-corrected chi connectivity index (χ2v) is 5.94. The van der Waals surface area contributed by atoms with Crippen molar-refractivity contribution in [3.8, 4) is 0 Å². The Hall–Kier alpha value is -1.78. The fraction of sp³-hybridized carbons (Fsp3) is 0.625. The molecule has 116 valence electrons. The van der Waals surface area contributed by atoms with E-state index in [-0.39, 0.29) is 17.9 Å². The predicted molar refractivity (Wildman–Crippen MR) is 79.6 cm³/mol. The Morgan fingerprint density at radius 2 is 2.14 bits per heavy atom. The highest BCUT2D eigenvalue weighted by Crippen LogP contribution is 2.26. The minimum atomic E-state index is -0.805. The van der Waals surface area contributed by atoms with Crippen molar-refractivity contribution in [3.05, 3.63) is 24.2 Å². The van der Waals surface area contributed by atoms with Crippen molar-refractivity contribution in [2.75, 3.05) is 0 Å². The zero-order valence-electron chi connectivity index (χ0n) is 13.2. The normalized spacial score (nSPS) is 27.6. The van der Waals surface area contributed by atoms with Gasteiger partial charge in [0.05, 0.1) is 6.26 Å². The molecule has 1 saturated heterocycles. The average Bonchev–Trinajstić information content (AvgIpc) is 2.95. The molecule has 1 aromatic rings. The SMILES string of the molecule is CCC1C(=O)NC(C)(CC)C(=O)N1C(C)Cc1ccco1. The average molecular weight is 292 g/mol. The standard InChI is InChI=1S/C16H24N2O3/c1-5-13-14(19)17-16(4,6-2)15(20)18(13)11(3)10-12-8-7-9-21-12/h7-9,11,13H,5-6,10H2,1-4H3,(H,17,19). The molecule has 0 aromatic carbocycles. The summed E-state index contributed by atoms with van der Waals surface area (Å²) < 4.78 is 5.37. The van der Waals surface area contributed by atoms with Gasteiger partial charge in [0.1, 0.15) is 17.3 Å². The molecule has 0 aliphatic carbocycles. The molecule has 1 aliphatic rings. The highest BCUT2D eigenvalue weighted by atomic mass is 16.3. The number of rotatable bonds is 5. The number of nitrogens with zero attached hydrogens (tertiary/aromatic N) is 1. The van der Waals surface area contributed by atoms with E-state index in [0.29, 0.717) is 19.3 Å². The van der Waals surface area contributed by atoms with Crippen LogP contribution in [-0.4, -0.2) is 34.3 Å². The van der Waals surface area contributed by atoms with E-state index >= 15 is 0 Å². The number of carbonyl (C=O) groups is 2. The van der Waals surface area contributed by atoms with Crippen molar-refractivity contribution in [2.24, 2.45) is 0 Å². The van der Waals surface area contributed by atoms with E-state index in [1.807, 2.05) is 32.9 Å². The summed E-state index contributed by atoms with van der Waals surface area (Å²) in [6, 6.07) is 3.25. The quantitative estimate of drug-likeness (QED) is 0.904. The van der Waals surface area contributed by atoms with Gasteiger partial charge < -0.3 is 14.6 Å². The minimum Gasteiger partial charge on any atom is -0.469 e. The van der Waals surface area contributed by atoms with Gasteiger partial charge in [0.25, 0.3) is 0 Å². The van der Waals surface area contributed by atoms with Gasteiger partial charge in [0, 0.05) is 12.5 Å². The summed E-state index contributed by atoms with van der Waals surface area (Å²) in [6.07, 6.45) is 3.43. The first kappa shape index (κ1) is 15.6. The zero-order chi connectivity index (χ0) is 15.6. The summed E-state index contributed by atoms with van der Waals surface area (Å²) in [5.41, 5.74) is -0.805. The first-order valence-corrected chi connectivity index (χ1v) is 7.60. The van der Waals surface area contributed by atoms with Crippen LogP contribution in [0.3, 0.4) is 0 Å². The third-order valence-corrected chi connectivity index (χ3v) is 4.39. The van der Waals surface area contributed by atoms with Crippen LogP contribution in [0.5, 0.6) is 0 Å². The van der Waals surface area contributed by atoms with Crippen LogP contribution in [0.1, 0.15) is 46.3 Å². The van der Waals surface area contributed by atoms with Gasteiger partial charge in [-0.25, -0.2) is 0 Å². The number of hydrogen-bond donors (Lipinski definition) is 1. The monoisotopic (exact) mass is 292 g/mol. The van der Waals surface area contributed by atoms with Gasteiger partial charge >= 0.3 is 0 Å². The molecule has 21 heavy (non-hydrogen) atoms. The van der Waals surface area contributed by atoms with Gasteiger partial charge in [-0.15, -0.1) is 0 Å². The number of carbonyl (C=O) groups excluding carboxylic acids is 2. The molecule has 0 radical (unpaired) electrons. The number of hydrogen-bond acceptors (Lipinski definition) is 3. The topological polar surface area (TPSA) is 62.6 Å². The highest BCUT2D eigenvalue weighted by Gasteiger charge is 2.47. The van der Waals surface area contributed by atoms with E-state index in [1.165, 1.54) is 0 Å². The van der Waals surface area contributed by atoms with Gasteiger partial charge in [-0.3, -0.25) is 9.59 Å². The molecule has 1 aromatic heterocycles. The van der Waals surface area contributed by atoms with Crippen molar-refractivity contribution < 1.29 is 14.0 Å². The Morgan fingerprint density at radius 3 is 2.67 bits per heavy atom. The number of furan rings is 1. The summed E-state index contributed by atoms with van der Waals surface area (Å²) in [5, 5.41) is 2.88. The van der Waals surface area contributed by atoms with E-state index in [0.717, 1.165) is 5.76 Å². The van der Waals surface area contributed by atoms with Crippen molar-refractivity contribution in [1.29, 1.82) is 0 Å². The third kappa shape index (κ3) is 2.82. The summed E-state index contributed by atoms with van der Waals surface area (Å²) in [5.74, 6) is 0.762. The molecule has 2 rings (SSSR count). The molecule has 1 fully saturated rings. The van der Waals surface area contributed by atoms with Gasteiger partial charge in [0.15, 0.2) is 0 Å². The lowest BCUT2D eigenvalue weighted by Gasteiger charge is -2.46. The smallest absolute Gasteiger partial charge is 0.248 e. The second-order valence-electron chi connectivity index (χ2n) is 5.94. The van der Waals surface area contributed by atoms with Gasteiger partial charge in [-0.05, 0) is 38.8 Å². The summed E-state index contributed by atoms with van der Waals surface area (Å²) >= 11 is 0. The number of piperazine rings is 1. The molecule has 2 amide bonds. The minimum absolute atomic E-state index is 0.00416. The molecule has 5 nitrogen and oxygen atoms in total. The Labute approximate surface area is 125 Å². The van der Waals surface area contributed by atoms with Crippen LogP contribution in [0.4, 0.5) is 0 Å². The molecule has 1 N–H and O–H groups in total. The van der Waals surface area contributed by atoms with Crippen LogP contribution >= 0.6 is 0 Å². The van der Waals surface area contributed by atoms with E-state index in [4.69, 9.17) is 4.42 Å². The van der Waals surface area contributed by atoms with Crippen LogP contribution in [0.2, 0.25) is 0 Å². The Morgan fingerprint density at radius 1 is 1.43 bits per heavy atom. The molecule has 0 saturated carbocycles. The van der Waals surface area contributed by atoms with Crippen LogP contribution < -0.4 is 5.32 Å². The van der Waals surface area contributed by atoms with Gasteiger partial charge in [0.2, 0.25) is 11.8 Å². The van der Waals surface area contributed by atoms with Crippen LogP contribution in [0.25, 0.3) is 0 Å². The summed E-state index contributed by atoms with van der Waals surface area (Å²) in [4.78, 5) is 26.9. The van der Waals surface area contributed by atoms with Crippen molar-refractivity contribution in [3.63, 3.8) is 0 Å². The zero-order valence-corrected chi connectivity index (χ0v) is 13.2.